The first-order valence-corrected chi connectivity index (χ1v) is 9.25. The smallest absolute Gasteiger partial charge is 0.315 e. The molecule has 3 heterocycles. The van der Waals surface area contributed by atoms with Gasteiger partial charge in [0.2, 0.25) is 0 Å². The van der Waals surface area contributed by atoms with Crippen LogP contribution in [0.2, 0.25) is 0 Å². The quantitative estimate of drug-likeness (QED) is 0.809. The minimum Gasteiger partial charge on any atom is -0.379 e. The predicted octanol–water partition coefficient (Wildman–Crippen LogP) is 1.20. The van der Waals surface area contributed by atoms with Gasteiger partial charge in [0.15, 0.2) is 0 Å². The summed E-state index contributed by atoms with van der Waals surface area (Å²) in [5, 5.41) is 5.95. The topological polar surface area (TPSA) is 69.7 Å². The molecular formula is C18H29N5O2. The summed E-state index contributed by atoms with van der Waals surface area (Å²) in [7, 11) is 0. The Balaban J connectivity index is 1.41. The third-order valence-electron chi connectivity index (χ3n) is 4.71. The summed E-state index contributed by atoms with van der Waals surface area (Å²) < 4.78 is 5.35. The van der Waals surface area contributed by atoms with Crippen LogP contribution in [0, 0.1) is 0 Å². The molecule has 1 aromatic rings. The van der Waals surface area contributed by atoms with E-state index >= 15 is 0 Å². The summed E-state index contributed by atoms with van der Waals surface area (Å²) in [5.74, 6) is 1.01. The Morgan fingerprint density at radius 1 is 1.28 bits per heavy atom. The van der Waals surface area contributed by atoms with Crippen LogP contribution in [0.5, 0.6) is 0 Å². The van der Waals surface area contributed by atoms with Gasteiger partial charge in [-0.3, -0.25) is 4.90 Å². The predicted molar refractivity (Wildman–Crippen MR) is 97.8 cm³/mol. The number of anilines is 1. The molecule has 2 aliphatic rings. The first kappa shape index (κ1) is 17.9. The van der Waals surface area contributed by atoms with Crippen LogP contribution in [0.15, 0.2) is 18.3 Å². The van der Waals surface area contributed by atoms with Crippen molar-refractivity contribution in [2.24, 2.45) is 0 Å². The Kier molecular flexibility index (Phi) is 6.47. The summed E-state index contributed by atoms with van der Waals surface area (Å²) in [6.45, 7) is 8.97. The van der Waals surface area contributed by atoms with Crippen LogP contribution in [0.3, 0.4) is 0 Å². The van der Waals surface area contributed by atoms with Gasteiger partial charge >= 0.3 is 6.03 Å². The molecule has 0 aromatic carbocycles. The molecule has 0 saturated carbocycles. The molecule has 0 radical (unpaired) electrons. The SMILES string of the molecule is C[C@H](CN1CCOCC1)NC(=O)NCc1ccnc(N2CCCC2)c1. The largest absolute Gasteiger partial charge is 0.379 e. The lowest BCUT2D eigenvalue weighted by Gasteiger charge is -2.29. The first-order chi connectivity index (χ1) is 12.2. The van der Waals surface area contributed by atoms with E-state index in [-0.39, 0.29) is 12.1 Å². The normalized spacial score (nSPS) is 19.6. The molecule has 0 spiro atoms. The number of rotatable bonds is 6. The lowest BCUT2D eigenvalue weighted by atomic mass is 10.2. The highest BCUT2D eigenvalue weighted by Gasteiger charge is 2.16. The van der Waals surface area contributed by atoms with Gasteiger partial charge in [-0.25, -0.2) is 9.78 Å². The Bertz CT molecular complexity index is 556. The van der Waals surface area contributed by atoms with Gasteiger partial charge < -0.3 is 20.3 Å². The summed E-state index contributed by atoms with van der Waals surface area (Å²) in [4.78, 5) is 21.2. The van der Waals surface area contributed by atoms with E-state index in [4.69, 9.17) is 4.74 Å². The van der Waals surface area contributed by atoms with Gasteiger partial charge in [-0.2, -0.15) is 0 Å². The highest BCUT2D eigenvalue weighted by molar-refractivity contribution is 5.74. The van der Waals surface area contributed by atoms with Gasteiger partial charge in [0.1, 0.15) is 5.82 Å². The van der Waals surface area contributed by atoms with Gasteiger partial charge in [-0.05, 0) is 37.5 Å². The number of carbonyl (C=O) groups is 1. The van der Waals surface area contributed by atoms with Crippen LogP contribution < -0.4 is 15.5 Å². The number of aromatic nitrogens is 1. The summed E-state index contributed by atoms with van der Waals surface area (Å²) >= 11 is 0. The van der Waals surface area contributed by atoms with Crippen LogP contribution in [-0.2, 0) is 11.3 Å². The molecule has 2 N–H and O–H groups in total. The average molecular weight is 347 g/mol. The van der Waals surface area contributed by atoms with E-state index in [1.807, 2.05) is 19.2 Å². The van der Waals surface area contributed by atoms with Gasteiger partial charge in [0.05, 0.1) is 13.2 Å². The maximum Gasteiger partial charge on any atom is 0.315 e. The van der Waals surface area contributed by atoms with E-state index in [0.717, 1.165) is 57.3 Å². The Hall–Kier alpha value is -1.86. The molecule has 0 bridgehead atoms. The molecule has 0 aliphatic carbocycles. The van der Waals surface area contributed by atoms with Crippen LogP contribution in [0.4, 0.5) is 10.6 Å². The Morgan fingerprint density at radius 2 is 2.04 bits per heavy atom. The highest BCUT2D eigenvalue weighted by Crippen LogP contribution is 2.18. The van der Waals surface area contributed by atoms with Crippen LogP contribution in [0.25, 0.3) is 0 Å². The molecule has 7 heteroatoms. The number of nitrogens with zero attached hydrogens (tertiary/aromatic N) is 3. The second kappa shape index (κ2) is 9.01. The van der Waals surface area contributed by atoms with Gasteiger partial charge in [-0.15, -0.1) is 0 Å². The van der Waals surface area contributed by atoms with Crippen LogP contribution in [-0.4, -0.2) is 67.9 Å². The fourth-order valence-electron chi connectivity index (χ4n) is 3.36. The molecule has 7 nitrogen and oxygen atoms in total. The third kappa shape index (κ3) is 5.57. The van der Waals surface area contributed by atoms with Gasteiger partial charge in [-0.1, -0.05) is 0 Å². The molecule has 1 aromatic heterocycles. The fourth-order valence-corrected chi connectivity index (χ4v) is 3.36. The lowest BCUT2D eigenvalue weighted by molar-refractivity contribution is 0.0349. The van der Waals surface area contributed by atoms with Crippen molar-refractivity contribution in [3.63, 3.8) is 0 Å². The number of hydrogen-bond donors (Lipinski definition) is 2. The Labute approximate surface area is 149 Å². The molecular weight excluding hydrogens is 318 g/mol. The number of pyridine rings is 1. The molecule has 2 aliphatic heterocycles. The Morgan fingerprint density at radius 3 is 2.80 bits per heavy atom. The van der Waals surface area contributed by atoms with Crippen LogP contribution >= 0.6 is 0 Å². The zero-order valence-electron chi connectivity index (χ0n) is 15.0. The maximum absolute atomic E-state index is 12.1. The monoisotopic (exact) mass is 347 g/mol. The van der Waals surface area contributed by atoms with Crippen molar-refractivity contribution >= 4 is 11.8 Å². The fraction of sp³-hybridized carbons (Fsp3) is 0.667. The molecule has 1 atom stereocenters. The summed E-state index contributed by atoms with van der Waals surface area (Å²) in [6.07, 6.45) is 4.28. The number of amides is 2. The van der Waals surface area contributed by atoms with E-state index < -0.39 is 0 Å². The van der Waals surface area contributed by atoms with Crippen LogP contribution in [0.1, 0.15) is 25.3 Å². The standard InChI is InChI=1S/C18H29N5O2/c1-15(14-22-8-10-25-11-9-22)21-18(24)20-13-16-4-5-19-17(12-16)23-6-2-3-7-23/h4-5,12,15H,2-3,6-11,13-14H2,1H3,(H2,20,21,24)/t15-/m1/s1. The van der Waals surface area contributed by atoms with Crippen molar-refractivity contribution in [1.82, 2.24) is 20.5 Å². The minimum absolute atomic E-state index is 0.107. The zero-order chi connectivity index (χ0) is 17.5. The summed E-state index contributed by atoms with van der Waals surface area (Å²) in [5.41, 5.74) is 1.08. The van der Waals surface area contributed by atoms with Crippen molar-refractivity contribution in [3.8, 4) is 0 Å². The molecule has 2 fully saturated rings. The average Bonchev–Trinajstić information content (AvgIpc) is 3.16. The minimum atomic E-state index is -0.125. The number of urea groups is 1. The highest BCUT2D eigenvalue weighted by atomic mass is 16.5. The van der Waals surface area contributed by atoms with Gasteiger partial charge in [0.25, 0.3) is 0 Å². The van der Waals surface area contributed by atoms with Gasteiger partial charge in [0, 0.05) is 51.5 Å². The molecule has 3 rings (SSSR count). The number of nitrogens with one attached hydrogen (secondary N) is 2. The van der Waals surface area contributed by atoms with Crippen molar-refractivity contribution in [2.45, 2.75) is 32.4 Å². The molecule has 138 valence electrons. The number of ether oxygens (including phenoxy) is 1. The van der Waals surface area contributed by atoms with E-state index in [1.54, 1.807) is 0 Å². The van der Waals surface area contributed by atoms with E-state index in [9.17, 15) is 4.79 Å². The third-order valence-corrected chi connectivity index (χ3v) is 4.71. The van der Waals surface area contributed by atoms with Crippen molar-refractivity contribution in [1.29, 1.82) is 0 Å². The number of hydrogen-bond acceptors (Lipinski definition) is 5. The maximum atomic E-state index is 12.1. The first-order valence-electron chi connectivity index (χ1n) is 9.25. The van der Waals surface area contributed by atoms with E-state index in [0.29, 0.717) is 6.54 Å². The number of carbonyl (C=O) groups excluding carboxylic acids is 1. The number of morpholine rings is 1. The van der Waals surface area contributed by atoms with E-state index in [2.05, 4.69) is 31.5 Å². The molecule has 2 amide bonds. The molecule has 2 saturated heterocycles. The summed E-state index contributed by atoms with van der Waals surface area (Å²) in [6, 6.07) is 4.01. The second-order valence-electron chi connectivity index (χ2n) is 6.86. The molecule has 0 unspecified atom stereocenters. The van der Waals surface area contributed by atoms with Crippen molar-refractivity contribution < 1.29 is 9.53 Å². The van der Waals surface area contributed by atoms with Crippen molar-refractivity contribution in [2.75, 3.05) is 50.8 Å². The molecule has 25 heavy (non-hydrogen) atoms. The zero-order valence-corrected chi connectivity index (χ0v) is 15.0. The van der Waals surface area contributed by atoms with E-state index in [1.165, 1.54) is 12.8 Å². The second-order valence-corrected chi connectivity index (χ2v) is 6.86. The van der Waals surface area contributed by atoms with Crippen molar-refractivity contribution in [3.05, 3.63) is 23.9 Å². The lowest BCUT2D eigenvalue weighted by Crippen LogP contribution is -2.48.